The van der Waals surface area contributed by atoms with Crippen molar-refractivity contribution in [3.8, 4) is 0 Å². The third-order valence-corrected chi connectivity index (χ3v) is 6.14. The van der Waals surface area contributed by atoms with Gasteiger partial charge in [-0.25, -0.2) is 4.79 Å². The lowest BCUT2D eigenvalue weighted by Crippen LogP contribution is -2.45. The van der Waals surface area contributed by atoms with Crippen molar-refractivity contribution in [1.82, 2.24) is 9.80 Å². The van der Waals surface area contributed by atoms with Crippen molar-refractivity contribution in [3.63, 3.8) is 0 Å². The van der Waals surface area contributed by atoms with Gasteiger partial charge in [-0.3, -0.25) is 9.59 Å². The van der Waals surface area contributed by atoms with Crippen LogP contribution in [-0.4, -0.2) is 58.4 Å². The Kier molecular flexibility index (Phi) is 4.21. The summed E-state index contributed by atoms with van der Waals surface area (Å²) in [6.45, 7) is 1.81. The first kappa shape index (κ1) is 17.1. The average molecular weight is 356 g/mol. The molecule has 0 bridgehead atoms. The summed E-state index contributed by atoms with van der Waals surface area (Å²) in [5.74, 6) is -0.686. The van der Waals surface area contributed by atoms with Crippen LogP contribution in [0.2, 0.25) is 0 Å². The molecular formula is C20H24N2O4. The molecule has 0 radical (unpaired) electrons. The van der Waals surface area contributed by atoms with E-state index in [-0.39, 0.29) is 23.1 Å². The number of carbonyl (C=O) groups excluding carboxylic acids is 2. The number of benzene rings is 1. The number of hydrogen-bond acceptors (Lipinski definition) is 3. The number of hydrogen-bond donors (Lipinski definition) is 1. The van der Waals surface area contributed by atoms with E-state index < -0.39 is 12.0 Å². The molecular weight excluding hydrogens is 332 g/mol. The second kappa shape index (κ2) is 6.41. The smallest absolute Gasteiger partial charge is 0.326 e. The van der Waals surface area contributed by atoms with Gasteiger partial charge in [-0.1, -0.05) is 18.2 Å². The zero-order valence-corrected chi connectivity index (χ0v) is 14.8. The molecule has 2 heterocycles. The highest BCUT2D eigenvalue weighted by Crippen LogP contribution is 2.44. The summed E-state index contributed by atoms with van der Waals surface area (Å²) >= 11 is 0. The van der Waals surface area contributed by atoms with Gasteiger partial charge in [-0.2, -0.15) is 0 Å². The Morgan fingerprint density at radius 1 is 1.04 bits per heavy atom. The lowest BCUT2D eigenvalue weighted by atomic mass is 9.76. The second-order valence-electron chi connectivity index (χ2n) is 7.96. The van der Waals surface area contributed by atoms with Gasteiger partial charge in [0.2, 0.25) is 5.91 Å². The predicted molar refractivity (Wildman–Crippen MR) is 94.5 cm³/mol. The third-order valence-electron chi connectivity index (χ3n) is 6.14. The number of piperidine rings is 1. The fourth-order valence-corrected chi connectivity index (χ4v) is 4.39. The Morgan fingerprint density at radius 3 is 2.27 bits per heavy atom. The molecule has 1 N–H and O–H groups in total. The van der Waals surface area contributed by atoms with Gasteiger partial charge in [-0.05, 0) is 49.7 Å². The molecule has 2 amide bonds. The van der Waals surface area contributed by atoms with Crippen LogP contribution in [0.25, 0.3) is 0 Å². The first-order chi connectivity index (χ1) is 12.5. The van der Waals surface area contributed by atoms with E-state index >= 15 is 0 Å². The molecule has 4 rings (SSSR count). The summed E-state index contributed by atoms with van der Waals surface area (Å²) in [6, 6.07) is 8.08. The molecule has 1 atom stereocenters. The van der Waals surface area contributed by atoms with Crippen molar-refractivity contribution in [3.05, 3.63) is 35.9 Å². The maximum atomic E-state index is 12.9. The number of rotatable bonds is 3. The lowest BCUT2D eigenvalue weighted by Gasteiger charge is -2.39. The minimum absolute atomic E-state index is 0.187. The first-order valence-electron chi connectivity index (χ1n) is 9.37. The largest absolute Gasteiger partial charge is 0.480 e. The number of carbonyl (C=O) groups is 3. The minimum Gasteiger partial charge on any atom is -0.480 e. The third kappa shape index (κ3) is 3.08. The van der Waals surface area contributed by atoms with E-state index in [2.05, 4.69) is 0 Å². The van der Waals surface area contributed by atoms with Gasteiger partial charge in [0.15, 0.2) is 0 Å². The van der Waals surface area contributed by atoms with Crippen molar-refractivity contribution in [1.29, 1.82) is 0 Å². The molecule has 3 fully saturated rings. The minimum atomic E-state index is -0.942. The Hall–Kier alpha value is -2.37. The highest BCUT2D eigenvalue weighted by Gasteiger charge is 2.50. The highest BCUT2D eigenvalue weighted by atomic mass is 16.4. The van der Waals surface area contributed by atoms with Crippen LogP contribution in [0.4, 0.5) is 0 Å². The summed E-state index contributed by atoms with van der Waals surface area (Å²) in [5, 5.41) is 9.66. The van der Waals surface area contributed by atoms with E-state index in [0.717, 1.165) is 25.7 Å². The number of carboxylic acid groups (broad SMARTS) is 1. The predicted octanol–water partition coefficient (Wildman–Crippen LogP) is 2.00. The SMILES string of the molecule is O=C(O)C1CC2(CCN(C(=O)C3CC3)CC2)CN1C(=O)c1ccccc1. The van der Waals surface area contributed by atoms with Crippen LogP contribution in [0.15, 0.2) is 30.3 Å². The first-order valence-corrected chi connectivity index (χ1v) is 9.37. The number of carboxylic acids is 1. The van der Waals surface area contributed by atoms with Crippen molar-refractivity contribution < 1.29 is 19.5 Å². The fraction of sp³-hybridized carbons (Fsp3) is 0.550. The molecule has 0 aromatic heterocycles. The van der Waals surface area contributed by atoms with Crippen LogP contribution in [0.5, 0.6) is 0 Å². The summed E-state index contributed by atoms with van der Waals surface area (Å²) in [4.78, 5) is 40.4. The van der Waals surface area contributed by atoms with E-state index in [4.69, 9.17) is 0 Å². The van der Waals surface area contributed by atoms with E-state index in [9.17, 15) is 19.5 Å². The standard InChI is InChI=1S/C20H24N2O4/c23-17(15-6-7-15)21-10-8-20(9-11-21)12-16(19(25)26)22(13-20)18(24)14-4-2-1-3-5-14/h1-5,15-16H,6-13H2,(H,25,26). The van der Waals surface area contributed by atoms with Gasteiger partial charge >= 0.3 is 5.97 Å². The Morgan fingerprint density at radius 2 is 1.69 bits per heavy atom. The maximum absolute atomic E-state index is 12.9. The fourth-order valence-electron chi connectivity index (χ4n) is 4.39. The molecule has 26 heavy (non-hydrogen) atoms. The van der Waals surface area contributed by atoms with E-state index in [1.165, 1.54) is 4.90 Å². The zero-order chi connectivity index (χ0) is 18.3. The van der Waals surface area contributed by atoms with Gasteiger partial charge < -0.3 is 14.9 Å². The molecule has 6 heteroatoms. The van der Waals surface area contributed by atoms with Crippen molar-refractivity contribution >= 4 is 17.8 Å². The molecule has 138 valence electrons. The van der Waals surface area contributed by atoms with Crippen LogP contribution >= 0.6 is 0 Å². The molecule has 1 aromatic carbocycles. The molecule has 1 saturated carbocycles. The number of aliphatic carboxylic acids is 1. The molecule has 2 saturated heterocycles. The summed E-state index contributed by atoms with van der Waals surface area (Å²) in [5.41, 5.74) is 0.338. The van der Waals surface area contributed by atoms with Gasteiger partial charge in [0, 0.05) is 31.1 Å². The van der Waals surface area contributed by atoms with E-state index in [1.807, 2.05) is 11.0 Å². The van der Waals surface area contributed by atoms with Crippen LogP contribution in [0, 0.1) is 11.3 Å². The van der Waals surface area contributed by atoms with Crippen LogP contribution in [0.1, 0.15) is 42.5 Å². The van der Waals surface area contributed by atoms with Crippen LogP contribution < -0.4 is 0 Å². The topological polar surface area (TPSA) is 77.9 Å². The maximum Gasteiger partial charge on any atom is 0.326 e. The highest BCUT2D eigenvalue weighted by molar-refractivity contribution is 5.97. The molecule has 6 nitrogen and oxygen atoms in total. The Balaban J connectivity index is 1.48. The summed E-state index contributed by atoms with van der Waals surface area (Å²) < 4.78 is 0. The van der Waals surface area contributed by atoms with E-state index in [1.54, 1.807) is 24.3 Å². The van der Waals surface area contributed by atoms with Crippen molar-refractivity contribution in [2.45, 2.75) is 38.1 Å². The average Bonchev–Trinajstić information content (AvgIpc) is 3.44. The van der Waals surface area contributed by atoms with Gasteiger partial charge in [-0.15, -0.1) is 0 Å². The van der Waals surface area contributed by atoms with Gasteiger partial charge in [0.1, 0.15) is 6.04 Å². The van der Waals surface area contributed by atoms with Gasteiger partial charge in [0.05, 0.1) is 0 Å². The zero-order valence-electron chi connectivity index (χ0n) is 14.8. The van der Waals surface area contributed by atoms with Crippen LogP contribution in [-0.2, 0) is 9.59 Å². The van der Waals surface area contributed by atoms with Gasteiger partial charge in [0.25, 0.3) is 5.91 Å². The summed E-state index contributed by atoms with van der Waals surface area (Å²) in [6.07, 6.45) is 4.02. The number of amides is 2. The Labute approximate surface area is 152 Å². The van der Waals surface area contributed by atoms with Crippen molar-refractivity contribution in [2.75, 3.05) is 19.6 Å². The Bertz CT molecular complexity index is 721. The van der Waals surface area contributed by atoms with Crippen molar-refractivity contribution in [2.24, 2.45) is 11.3 Å². The number of nitrogens with zero attached hydrogens (tertiary/aromatic N) is 2. The molecule has 2 aliphatic heterocycles. The van der Waals surface area contributed by atoms with Crippen LogP contribution in [0.3, 0.4) is 0 Å². The second-order valence-corrected chi connectivity index (χ2v) is 7.96. The number of likely N-dealkylation sites (tertiary alicyclic amines) is 2. The molecule has 1 aliphatic carbocycles. The molecule has 1 aromatic rings. The molecule has 1 unspecified atom stereocenters. The molecule has 3 aliphatic rings. The lowest BCUT2D eigenvalue weighted by molar-refractivity contribution is -0.141. The monoisotopic (exact) mass is 356 g/mol. The quantitative estimate of drug-likeness (QED) is 0.899. The van der Waals surface area contributed by atoms with E-state index in [0.29, 0.717) is 31.6 Å². The molecule has 1 spiro atoms. The normalized spacial score (nSPS) is 24.7. The summed E-state index contributed by atoms with van der Waals surface area (Å²) in [7, 11) is 0.